The smallest absolute Gasteiger partial charge is 0.291 e. The Labute approximate surface area is 174 Å². The number of fused-ring (bicyclic) bond motifs is 1. The lowest BCUT2D eigenvalue weighted by Gasteiger charge is -2.29. The quantitative estimate of drug-likeness (QED) is 0.698. The van der Waals surface area contributed by atoms with Gasteiger partial charge in [-0.25, -0.2) is 0 Å². The van der Waals surface area contributed by atoms with Crippen molar-refractivity contribution < 1.29 is 23.5 Å². The molecule has 0 radical (unpaired) electrons. The number of nitrogens with one attached hydrogen (secondary N) is 1. The van der Waals surface area contributed by atoms with Crippen LogP contribution in [0.2, 0.25) is 0 Å². The summed E-state index contributed by atoms with van der Waals surface area (Å²) in [6, 6.07) is 15.9. The molecule has 0 saturated carbocycles. The Kier molecular flexibility index (Phi) is 5.43. The molecule has 154 valence electrons. The standard InChI is InChI=1S/C23H22N2O5/c1-15-9-10-16(12-18(15)24-22(26)21-8-5-11-28-21)23(27)25(2)13-17-14-29-19-6-3-4-7-20(19)30-17/h3-12,17H,13-14H2,1-2H3,(H,24,26)/t17-/m0/s1. The minimum atomic E-state index is -0.368. The molecule has 7 heteroatoms. The third-order valence-corrected chi connectivity index (χ3v) is 4.87. The fourth-order valence-corrected chi connectivity index (χ4v) is 3.24. The molecule has 1 aliphatic rings. The predicted octanol–water partition coefficient (Wildman–Crippen LogP) is 3.75. The number of carbonyl (C=O) groups is 2. The van der Waals surface area contributed by atoms with Crippen LogP contribution in [0.25, 0.3) is 0 Å². The lowest BCUT2D eigenvalue weighted by molar-refractivity contribution is 0.0521. The zero-order valence-corrected chi connectivity index (χ0v) is 16.8. The summed E-state index contributed by atoms with van der Waals surface area (Å²) in [4.78, 5) is 26.8. The van der Waals surface area contributed by atoms with Gasteiger partial charge in [-0.1, -0.05) is 18.2 Å². The van der Waals surface area contributed by atoms with Crippen LogP contribution in [0.5, 0.6) is 11.5 Å². The van der Waals surface area contributed by atoms with Crippen molar-refractivity contribution in [2.75, 3.05) is 25.5 Å². The molecule has 0 fully saturated rings. The summed E-state index contributed by atoms with van der Waals surface area (Å²) in [5, 5.41) is 2.79. The first-order valence-corrected chi connectivity index (χ1v) is 9.60. The number of aryl methyl sites for hydroxylation is 1. The number of hydrogen-bond acceptors (Lipinski definition) is 5. The highest BCUT2D eigenvalue weighted by atomic mass is 16.6. The summed E-state index contributed by atoms with van der Waals surface area (Å²) in [6.45, 7) is 2.60. The molecular weight excluding hydrogens is 384 g/mol. The Bertz CT molecular complexity index is 1060. The molecule has 0 bridgehead atoms. The van der Waals surface area contributed by atoms with Crippen LogP contribution in [-0.2, 0) is 0 Å². The van der Waals surface area contributed by atoms with Crippen LogP contribution < -0.4 is 14.8 Å². The SMILES string of the molecule is Cc1ccc(C(=O)N(C)C[C@H]2COc3ccccc3O2)cc1NC(=O)c1ccco1. The van der Waals surface area contributed by atoms with Crippen LogP contribution in [-0.4, -0.2) is 43.0 Å². The first kappa shape index (κ1) is 19.6. The van der Waals surface area contributed by atoms with Crippen molar-refractivity contribution in [2.45, 2.75) is 13.0 Å². The maximum absolute atomic E-state index is 12.9. The van der Waals surface area contributed by atoms with E-state index in [2.05, 4.69) is 5.32 Å². The van der Waals surface area contributed by atoms with Gasteiger partial charge in [0, 0.05) is 18.3 Å². The zero-order valence-electron chi connectivity index (χ0n) is 16.8. The number of benzene rings is 2. The van der Waals surface area contributed by atoms with E-state index in [4.69, 9.17) is 13.9 Å². The van der Waals surface area contributed by atoms with Gasteiger partial charge in [-0.2, -0.15) is 0 Å². The number of hydrogen-bond donors (Lipinski definition) is 1. The number of nitrogens with zero attached hydrogens (tertiary/aromatic N) is 1. The summed E-state index contributed by atoms with van der Waals surface area (Å²) in [7, 11) is 1.72. The van der Waals surface area contributed by atoms with Gasteiger partial charge in [0.1, 0.15) is 6.61 Å². The van der Waals surface area contributed by atoms with Gasteiger partial charge in [0.15, 0.2) is 23.4 Å². The number of amides is 2. The van der Waals surface area contributed by atoms with Crippen LogP contribution in [0, 0.1) is 6.92 Å². The van der Waals surface area contributed by atoms with E-state index in [0.29, 0.717) is 35.9 Å². The molecule has 2 amide bonds. The average Bonchev–Trinajstić information content (AvgIpc) is 3.30. The van der Waals surface area contributed by atoms with Crippen LogP contribution in [0.3, 0.4) is 0 Å². The molecule has 2 heterocycles. The Morgan fingerprint density at radius 2 is 1.90 bits per heavy atom. The largest absolute Gasteiger partial charge is 0.486 e. The second-order valence-corrected chi connectivity index (χ2v) is 7.14. The Balaban J connectivity index is 1.43. The molecule has 0 unspecified atom stereocenters. The number of likely N-dealkylation sites (N-methyl/N-ethyl adjacent to an activating group) is 1. The molecule has 0 spiro atoms. The van der Waals surface area contributed by atoms with E-state index in [9.17, 15) is 9.59 Å². The van der Waals surface area contributed by atoms with Crippen molar-refractivity contribution >= 4 is 17.5 Å². The first-order chi connectivity index (χ1) is 14.5. The van der Waals surface area contributed by atoms with Crippen LogP contribution in [0.1, 0.15) is 26.5 Å². The molecule has 1 aliphatic heterocycles. The fourth-order valence-electron chi connectivity index (χ4n) is 3.24. The zero-order chi connectivity index (χ0) is 21.1. The molecule has 1 atom stereocenters. The van der Waals surface area contributed by atoms with E-state index in [0.717, 1.165) is 5.56 Å². The van der Waals surface area contributed by atoms with E-state index >= 15 is 0 Å². The molecule has 0 aliphatic carbocycles. The number of rotatable bonds is 5. The fraction of sp³-hybridized carbons (Fsp3) is 0.217. The highest BCUT2D eigenvalue weighted by molar-refractivity contribution is 6.03. The van der Waals surface area contributed by atoms with E-state index in [1.54, 1.807) is 42.3 Å². The highest BCUT2D eigenvalue weighted by Crippen LogP contribution is 2.31. The summed E-state index contributed by atoms with van der Waals surface area (Å²) < 4.78 is 16.8. The monoisotopic (exact) mass is 406 g/mol. The lowest BCUT2D eigenvalue weighted by Crippen LogP contribution is -2.41. The van der Waals surface area contributed by atoms with Gasteiger partial charge in [0.05, 0.1) is 12.8 Å². The molecule has 1 N–H and O–H groups in total. The minimum absolute atomic E-state index is 0.175. The van der Waals surface area contributed by atoms with Crippen molar-refractivity contribution in [1.82, 2.24) is 4.90 Å². The lowest BCUT2D eigenvalue weighted by atomic mass is 10.1. The first-order valence-electron chi connectivity index (χ1n) is 9.60. The molecule has 4 rings (SSSR count). The molecule has 0 saturated heterocycles. The number of furan rings is 1. The van der Waals surface area contributed by atoms with Crippen molar-refractivity contribution in [2.24, 2.45) is 0 Å². The van der Waals surface area contributed by atoms with Gasteiger partial charge in [-0.3, -0.25) is 9.59 Å². The third-order valence-electron chi connectivity index (χ3n) is 4.87. The summed E-state index contributed by atoms with van der Waals surface area (Å²) in [6.07, 6.45) is 1.17. The Hall–Kier alpha value is -3.74. The maximum atomic E-state index is 12.9. The molecule has 2 aromatic carbocycles. The molecule has 1 aromatic heterocycles. The van der Waals surface area contributed by atoms with Crippen molar-refractivity contribution in [1.29, 1.82) is 0 Å². The second kappa shape index (κ2) is 8.32. The molecular formula is C23H22N2O5. The van der Waals surface area contributed by atoms with Gasteiger partial charge in [0.2, 0.25) is 0 Å². The summed E-state index contributed by atoms with van der Waals surface area (Å²) in [5.74, 6) is 1.04. The average molecular weight is 406 g/mol. The van der Waals surface area contributed by atoms with Gasteiger partial charge in [-0.05, 0) is 48.9 Å². The minimum Gasteiger partial charge on any atom is -0.486 e. The number of ether oxygens (including phenoxy) is 2. The second-order valence-electron chi connectivity index (χ2n) is 7.14. The van der Waals surface area contributed by atoms with Gasteiger partial charge in [0.25, 0.3) is 11.8 Å². The normalized spacial score (nSPS) is 14.8. The van der Waals surface area contributed by atoms with Gasteiger partial charge in [-0.15, -0.1) is 0 Å². The van der Waals surface area contributed by atoms with Gasteiger partial charge < -0.3 is 24.1 Å². The van der Waals surface area contributed by atoms with E-state index in [1.807, 2.05) is 31.2 Å². The van der Waals surface area contributed by atoms with Crippen LogP contribution >= 0.6 is 0 Å². The topological polar surface area (TPSA) is 81.0 Å². The van der Waals surface area contributed by atoms with Gasteiger partial charge >= 0.3 is 0 Å². The van der Waals surface area contributed by atoms with Crippen molar-refractivity contribution in [3.05, 3.63) is 77.7 Å². The van der Waals surface area contributed by atoms with E-state index in [1.165, 1.54) is 6.26 Å². The highest BCUT2D eigenvalue weighted by Gasteiger charge is 2.24. The Morgan fingerprint density at radius 1 is 1.10 bits per heavy atom. The maximum Gasteiger partial charge on any atom is 0.291 e. The number of carbonyl (C=O) groups excluding carboxylic acids is 2. The van der Waals surface area contributed by atoms with Crippen LogP contribution in [0.15, 0.2) is 65.3 Å². The van der Waals surface area contributed by atoms with E-state index in [-0.39, 0.29) is 23.7 Å². The molecule has 3 aromatic rings. The Morgan fingerprint density at radius 3 is 2.67 bits per heavy atom. The summed E-state index contributed by atoms with van der Waals surface area (Å²) in [5.41, 5.74) is 1.87. The number of para-hydroxylation sites is 2. The van der Waals surface area contributed by atoms with Crippen LogP contribution in [0.4, 0.5) is 5.69 Å². The number of anilines is 1. The van der Waals surface area contributed by atoms with E-state index < -0.39 is 0 Å². The predicted molar refractivity (Wildman–Crippen MR) is 111 cm³/mol. The molecule has 7 nitrogen and oxygen atoms in total. The third kappa shape index (κ3) is 4.15. The van der Waals surface area contributed by atoms with Crippen molar-refractivity contribution in [3.8, 4) is 11.5 Å². The molecule has 30 heavy (non-hydrogen) atoms. The summed E-state index contributed by atoms with van der Waals surface area (Å²) >= 11 is 0. The van der Waals surface area contributed by atoms with Crippen molar-refractivity contribution in [3.63, 3.8) is 0 Å².